The van der Waals surface area contributed by atoms with E-state index in [-0.39, 0.29) is 18.8 Å². The number of hydrogen-bond acceptors (Lipinski definition) is 3. The van der Waals surface area contributed by atoms with Crippen molar-refractivity contribution in [3.8, 4) is 5.75 Å². The lowest BCUT2D eigenvalue weighted by Crippen LogP contribution is -2.19. The first kappa shape index (κ1) is 15.3. The zero-order chi connectivity index (χ0) is 14.5. The number of carboxylic acids is 1. The molecule has 0 heterocycles. The average Bonchev–Trinajstić information content (AvgIpc) is 2.26. The van der Waals surface area contributed by atoms with Crippen LogP contribution in [0.3, 0.4) is 0 Å². The molecule has 1 rings (SSSR count). The Morgan fingerprint density at radius 1 is 1.32 bits per heavy atom. The van der Waals surface area contributed by atoms with Gasteiger partial charge in [0, 0.05) is 0 Å². The first-order valence-electron chi connectivity index (χ1n) is 5.41. The summed E-state index contributed by atoms with van der Waals surface area (Å²) in [6, 6.07) is 4.33. The van der Waals surface area contributed by atoms with Gasteiger partial charge in [0.25, 0.3) is 0 Å². The number of benzene rings is 1. The minimum absolute atomic E-state index is 0.0397. The molecule has 1 N–H and O–H groups in total. The zero-order valence-electron chi connectivity index (χ0n) is 10.2. The van der Waals surface area contributed by atoms with E-state index in [1.165, 1.54) is 18.2 Å². The Bertz CT molecular complexity index is 443. The molecule has 0 unspecified atom stereocenters. The van der Waals surface area contributed by atoms with Gasteiger partial charge in [-0.3, -0.25) is 0 Å². The van der Waals surface area contributed by atoms with E-state index in [0.29, 0.717) is 11.3 Å². The quantitative estimate of drug-likeness (QED) is 0.813. The van der Waals surface area contributed by atoms with Crippen molar-refractivity contribution in [3.05, 3.63) is 29.3 Å². The molecule has 0 radical (unpaired) electrons. The van der Waals surface area contributed by atoms with Crippen LogP contribution in [0.5, 0.6) is 5.75 Å². The topological polar surface area (TPSA) is 55.8 Å². The number of aromatic carboxylic acids is 1. The van der Waals surface area contributed by atoms with Gasteiger partial charge >= 0.3 is 12.1 Å². The van der Waals surface area contributed by atoms with E-state index in [2.05, 4.69) is 4.74 Å². The maximum Gasteiger partial charge on any atom is 0.411 e. The highest BCUT2D eigenvalue weighted by Gasteiger charge is 2.27. The number of halogens is 3. The number of ether oxygens (including phenoxy) is 2. The lowest BCUT2D eigenvalue weighted by atomic mass is 10.1. The molecule has 0 amide bonds. The van der Waals surface area contributed by atoms with Crippen molar-refractivity contribution in [2.75, 3.05) is 19.8 Å². The van der Waals surface area contributed by atoms with E-state index in [1.54, 1.807) is 6.92 Å². The van der Waals surface area contributed by atoms with Crippen LogP contribution in [0, 0.1) is 6.92 Å². The van der Waals surface area contributed by atoms with Gasteiger partial charge in [-0.1, -0.05) is 0 Å². The van der Waals surface area contributed by atoms with E-state index in [0.717, 1.165) is 0 Å². The minimum atomic E-state index is -4.35. The third-order valence-electron chi connectivity index (χ3n) is 2.19. The molecule has 1 aromatic carbocycles. The Balaban J connectivity index is 2.38. The summed E-state index contributed by atoms with van der Waals surface area (Å²) in [5.74, 6) is -0.657. The predicted octanol–water partition coefficient (Wildman–Crippen LogP) is 2.65. The molecule has 0 bridgehead atoms. The van der Waals surface area contributed by atoms with Crippen LogP contribution in [0.25, 0.3) is 0 Å². The van der Waals surface area contributed by atoms with Gasteiger partial charge in [-0.05, 0) is 30.7 Å². The highest BCUT2D eigenvalue weighted by molar-refractivity contribution is 5.89. The molecule has 0 spiro atoms. The number of carboxylic acid groups (broad SMARTS) is 1. The van der Waals surface area contributed by atoms with Crippen LogP contribution < -0.4 is 4.74 Å². The molecule has 0 saturated carbocycles. The van der Waals surface area contributed by atoms with Gasteiger partial charge in [-0.2, -0.15) is 13.2 Å². The molecule has 0 aliphatic rings. The molecule has 1 aromatic rings. The van der Waals surface area contributed by atoms with E-state index >= 15 is 0 Å². The second-order valence-corrected chi connectivity index (χ2v) is 3.80. The third-order valence-corrected chi connectivity index (χ3v) is 2.19. The number of alkyl halides is 3. The van der Waals surface area contributed by atoms with Crippen LogP contribution in [0.4, 0.5) is 13.2 Å². The number of aryl methyl sites for hydroxylation is 1. The zero-order valence-corrected chi connectivity index (χ0v) is 10.2. The standard InChI is InChI=1S/C12H13F3O4/c1-8-6-9(2-3-10(8)11(16)17)19-5-4-18-7-12(13,14)15/h2-3,6H,4-5,7H2,1H3,(H,16,17). The lowest BCUT2D eigenvalue weighted by Gasteiger charge is -2.10. The van der Waals surface area contributed by atoms with E-state index in [1.807, 2.05) is 0 Å². The average molecular weight is 278 g/mol. The van der Waals surface area contributed by atoms with Gasteiger partial charge in [0.1, 0.15) is 19.0 Å². The van der Waals surface area contributed by atoms with Crippen LogP contribution >= 0.6 is 0 Å². The molecular formula is C12H13F3O4. The van der Waals surface area contributed by atoms with Gasteiger partial charge in [0.05, 0.1) is 12.2 Å². The summed E-state index contributed by atoms with van der Waals surface area (Å²) in [6.45, 7) is 0.0605. The highest BCUT2D eigenvalue weighted by Crippen LogP contribution is 2.17. The van der Waals surface area contributed by atoms with Crippen molar-refractivity contribution >= 4 is 5.97 Å². The Morgan fingerprint density at radius 3 is 2.53 bits per heavy atom. The first-order valence-corrected chi connectivity index (χ1v) is 5.41. The largest absolute Gasteiger partial charge is 0.491 e. The van der Waals surface area contributed by atoms with E-state index in [9.17, 15) is 18.0 Å². The molecule has 106 valence electrons. The number of hydrogen-bond donors (Lipinski definition) is 1. The second kappa shape index (κ2) is 6.42. The summed E-state index contributed by atoms with van der Waals surface area (Å²) in [6.07, 6.45) is -4.35. The molecule has 0 fully saturated rings. The predicted molar refractivity (Wildman–Crippen MR) is 60.5 cm³/mol. The van der Waals surface area contributed by atoms with Crippen molar-refractivity contribution in [1.29, 1.82) is 0 Å². The monoisotopic (exact) mass is 278 g/mol. The van der Waals surface area contributed by atoms with Gasteiger partial charge < -0.3 is 14.6 Å². The molecule has 0 aliphatic heterocycles. The number of carbonyl (C=O) groups is 1. The summed E-state index contributed by atoms with van der Waals surface area (Å²) in [5.41, 5.74) is 0.668. The van der Waals surface area contributed by atoms with Crippen molar-refractivity contribution in [2.24, 2.45) is 0 Å². The fourth-order valence-corrected chi connectivity index (χ4v) is 1.37. The molecule has 7 heteroatoms. The second-order valence-electron chi connectivity index (χ2n) is 3.80. The van der Waals surface area contributed by atoms with Gasteiger partial charge in [-0.15, -0.1) is 0 Å². The van der Waals surface area contributed by atoms with Crippen LogP contribution in [0.1, 0.15) is 15.9 Å². The van der Waals surface area contributed by atoms with Crippen LogP contribution in [-0.4, -0.2) is 37.1 Å². The smallest absolute Gasteiger partial charge is 0.411 e. The summed E-state index contributed by atoms with van der Waals surface area (Å²) < 4.78 is 44.8. The minimum Gasteiger partial charge on any atom is -0.491 e. The highest BCUT2D eigenvalue weighted by atomic mass is 19.4. The molecule has 0 aliphatic carbocycles. The van der Waals surface area contributed by atoms with E-state index in [4.69, 9.17) is 9.84 Å². The third kappa shape index (κ3) is 5.60. The summed E-state index contributed by atoms with van der Waals surface area (Å²) >= 11 is 0. The van der Waals surface area contributed by atoms with E-state index < -0.39 is 18.8 Å². The van der Waals surface area contributed by atoms with Crippen LogP contribution in [-0.2, 0) is 4.74 Å². The Hall–Kier alpha value is -1.76. The number of rotatable bonds is 6. The fraction of sp³-hybridized carbons (Fsp3) is 0.417. The molecule has 0 atom stereocenters. The summed E-state index contributed by atoms with van der Waals surface area (Å²) in [7, 11) is 0. The van der Waals surface area contributed by atoms with Gasteiger partial charge in [0.15, 0.2) is 0 Å². The van der Waals surface area contributed by atoms with Crippen molar-refractivity contribution < 1.29 is 32.5 Å². The van der Waals surface area contributed by atoms with Crippen molar-refractivity contribution in [1.82, 2.24) is 0 Å². The SMILES string of the molecule is Cc1cc(OCCOCC(F)(F)F)ccc1C(=O)O. The molecule has 0 aromatic heterocycles. The maximum absolute atomic E-state index is 11.8. The summed E-state index contributed by atoms with van der Waals surface area (Å²) in [4.78, 5) is 10.8. The van der Waals surface area contributed by atoms with Crippen molar-refractivity contribution in [3.63, 3.8) is 0 Å². The van der Waals surface area contributed by atoms with Crippen LogP contribution in [0.2, 0.25) is 0 Å². The molecule has 4 nitrogen and oxygen atoms in total. The molecular weight excluding hydrogens is 265 g/mol. The van der Waals surface area contributed by atoms with Crippen LogP contribution in [0.15, 0.2) is 18.2 Å². The maximum atomic E-state index is 11.8. The van der Waals surface area contributed by atoms with Crippen molar-refractivity contribution in [2.45, 2.75) is 13.1 Å². The first-order chi connectivity index (χ1) is 8.79. The Morgan fingerprint density at radius 2 is 2.00 bits per heavy atom. The lowest BCUT2D eigenvalue weighted by molar-refractivity contribution is -0.175. The summed E-state index contributed by atoms with van der Waals surface area (Å²) in [5, 5.41) is 8.81. The molecule has 0 saturated heterocycles. The molecule has 19 heavy (non-hydrogen) atoms. The normalized spacial score (nSPS) is 11.4. The van der Waals surface area contributed by atoms with Gasteiger partial charge in [0.2, 0.25) is 0 Å². The Kier molecular flexibility index (Phi) is 5.17. The van der Waals surface area contributed by atoms with Gasteiger partial charge in [-0.25, -0.2) is 4.79 Å². The fourth-order valence-electron chi connectivity index (χ4n) is 1.37. The Labute approximate surface area is 107 Å².